The van der Waals surface area contributed by atoms with Gasteiger partial charge in [-0.05, 0) is 29.8 Å². The van der Waals surface area contributed by atoms with Crippen molar-refractivity contribution in [1.29, 1.82) is 0 Å². The molecule has 1 unspecified atom stereocenters. The smallest absolute Gasteiger partial charge is 0.266 e. The molecule has 2 aromatic rings. The van der Waals surface area contributed by atoms with E-state index in [4.69, 9.17) is 32.8 Å². The van der Waals surface area contributed by atoms with Crippen molar-refractivity contribution < 1.29 is 14.4 Å². The molecule has 0 saturated carbocycles. The molecule has 1 fully saturated rings. The number of para-hydroxylation sites is 1. The van der Waals surface area contributed by atoms with Crippen LogP contribution >= 0.6 is 23.2 Å². The third-order valence-corrected chi connectivity index (χ3v) is 6.18. The zero-order chi connectivity index (χ0) is 21.1. The predicted octanol–water partition coefficient (Wildman–Crippen LogP) is 3.84. The van der Waals surface area contributed by atoms with E-state index in [0.717, 1.165) is 42.2 Å². The van der Waals surface area contributed by atoms with Crippen LogP contribution in [0.3, 0.4) is 0 Å². The first kappa shape index (κ1) is 21.0. The molecule has 2 aliphatic rings. The van der Waals surface area contributed by atoms with Crippen LogP contribution in [0.1, 0.15) is 17.5 Å². The molecule has 158 valence electrons. The van der Waals surface area contributed by atoms with Crippen LogP contribution in [-0.2, 0) is 16.2 Å². The number of hydrogen-bond acceptors (Lipinski definition) is 5. The number of carbonyl (C=O) groups is 1. The molecule has 0 N–H and O–H groups in total. The van der Waals surface area contributed by atoms with Crippen LogP contribution in [0.2, 0.25) is 10.0 Å². The highest BCUT2D eigenvalue weighted by atomic mass is 35.5. The molecule has 30 heavy (non-hydrogen) atoms. The van der Waals surface area contributed by atoms with Crippen molar-refractivity contribution in [2.24, 2.45) is 5.16 Å². The van der Waals surface area contributed by atoms with Gasteiger partial charge < -0.3 is 14.5 Å². The minimum absolute atomic E-state index is 0.0159. The normalized spacial score (nSPS) is 19.4. The number of benzene rings is 2. The molecule has 8 heteroatoms. The van der Waals surface area contributed by atoms with E-state index in [-0.39, 0.29) is 5.91 Å². The molecule has 2 aromatic carbocycles. The monoisotopic (exact) mass is 447 g/mol. The van der Waals surface area contributed by atoms with Crippen molar-refractivity contribution in [3.8, 4) is 5.75 Å². The number of ether oxygens (including phenoxy) is 1. The Kier molecular flexibility index (Phi) is 6.46. The van der Waals surface area contributed by atoms with Gasteiger partial charge in [0.15, 0.2) is 0 Å². The first-order valence-electron chi connectivity index (χ1n) is 9.86. The summed E-state index contributed by atoms with van der Waals surface area (Å²) < 4.78 is 5.39. The molecular weight excluding hydrogens is 425 g/mol. The number of methoxy groups -OCH3 is 1. The molecule has 4 rings (SSSR count). The maximum Gasteiger partial charge on any atom is 0.266 e. The number of nitrogens with zero attached hydrogens (tertiary/aromatic N) is 3. The predicted molar refractivity (Wildman–Crippen MR) is 117 cm³/mol. The second kappa shape index (κ2) is 9.25. The Morgan fingerprint density at radius 1 is 1.13 bits per heavy atom. The van der Waals surface area contributed by atoms with Crippen LogP contribution in [0.15, 0.2) is 47.6 Å². The fourth-order valence-corrected chi connectivity index (χ4v) is 4.10. The van der Waals surface area contributed by atoms with Gasteiger partial charge >= 0.3 is 0 Å². The first-order chi connectivity index (χ1) is 14.5. The van der Waals surface area contributed by atoms with Crippen LogP contribution in [0.4, 0.5) is 0 Å². The Morgan fingerprint density at radius 2 is 1.90 bits per heavy atom. The number of piperazine rings is 1. The maximum absolute atomic E-state index is 12.9. The van der Waals surface area contributed by atoms with E-state index in [0.29, 0.717) is 29.6 Å². The maximum atomic E-state index is 12.9. The highest BCUT2D eigenvalue weighted by Crippen LogP contribution is 2.26. The SMILES string of the molecule is COc1ccccc1C1=NOC(C(=O)N2CCN(Cc3ccc(Cl)c(Cl)c3)CC2)C1. The van der Waals surface area contributed by atoms with Gasteiger partial charge in [0.2, 0.25) is 6.10 Å². The minimum Gasteiger partial charge on any atom is -0.496 e. The fourth-order valence-electron chi connectivity index (χ4n) is 3.78. The van der Waals surface area contributed by atoms with Crippen molar-refractivity contribution >= 4 is 34.8 Å². The lowest BCUT2D eigenvalue weighted by Gasteiger charge is -2.35. The lowest BCUT2D eigenvalue weighted by atomic mass is 10.0. The minimum atomic E-state index is -0.577. The second-order valence-corrected chi connectivity index (χ2v) is 8.20. The van der Waals surface area contributed by atoms with E-state index >= 15 is 0 Å². The van der Waals surface area contributed by atoms with E-state index in [1.165, 1.54) is 0 Å². The van der Waals surface area contributed by atoms with Gasteiger partial charge in [-0.2, -0.15) is 0 Å². The number of carbonyl (C=O) groups excluding carboxylic acids is 1. The average Bonchev–Trinajstić information content (AvgIpc) is 3.26. The van der Waals surface area contributed by atoms with Gasteiger partial charge in [0.05, 0.1) is 22.9 Å². The van der Waals surface area contributed by atoms with Gasteiger partial charge in [-0.15, -0.1) is 0 Å². The van der Waals surface area contributed by atoms with Crippen molar-refractivity contribution in [2.45, 2.75) is 19.1 Å². The molecule has 0 spiro atoms. The van der Waals surface area contributed by atoms with E-state index in [2.05, 4.69) is 10.1 Å². The van der Waals surface area contributed by atoms with Gasteiger partial charge in [-0.3, -0.25) is 9.69 Å². The molecule has 0 radical (unpaired) electrons. The molecule has 0 aliphatic carbocycles. The van der Waals surface area contributed by atoms with Gasteiger partial charge in [0.25, 0.3) is 5.91 Å². The van der Waals surface area contributed by atoms with Gasteiger partial charge in [-0.25, -0.2) is 0 Å². The summed E-state index contributed by atoms with van der Waals surface area (Å²) in [5, 5.41) is 5.27. The summed E-state index contributed by atoms with van der Waals surface area (Å²) >= 11 is 12.1. The summed E-state index contributed by atoms with van der Waals surface area (Å²) in [5.74, 6) is 0.710. The molecule has 0 bridgehead atoms. The Labute approximate surface area is 185 Å². The van der Waals surface area contributed by atoms with E-state index < -0.39 is 6.10 Å². The van der Waals surface area contributed by atoms with Crippen LogP contribution < -0.4 is 4.74 Å². The molecule has 1 atom stereocenters. The van der Waals surface area contributed by atoms with Gasteiger partial charge in [0, 0.05) is 44.7 Å². The zero-order valence-corrected chi connectivity index (χ0v) is 18.2. The molecule has 1 saturated heterocycles. The van der Waals surface area contributed by atoms with Crippen LogP contribution in [0.25, 0.3) is 0 Å². The zero-order valence-electron chi connectivity index (χ0n) is 16.7. The number of rotatable bonds is 5. The molecular formula is C22H23Cl2N3O3. The molecule has 6 nitrogen and oxygen atoms in total. The van der Waals surface area contributed by atoms with Crippen LogP contribution in [-0.4, -0.2) is 60.8 Å². The highest BCUT2D eigenvalue weighted by molar-refractivity contribution is 6.42. The summed E-state index contributed by atoms with van der Waals surface area (Å²) in [7, 11) is 1.62. The summed E-state index contributed by atoms with van der Waals surface area (Å²) in [6.45, 7) is 3.67. The van der Waals surface area contributed by atoms with E-state index in [9.17, 15) is 4.79 Å². The molecule has 0 aromatic heterocycles. The second-order valence-electron chi connectivity index (χ2n) is 7.39. The summed E-state index contributed by atoms with van der Waals surface area (Å²) in [6, 6.07) is 13.3. The number of amides is 1. The third-order valence-electron chi connectivity index (χ3n) is 5.44. The first-order valence-corrected chi connectivity index (χ1v) is 10.6. The van der Waals surface area contributed by atoms with E-state index in [1.54, 1.807) is 7.11 Å². The molecule has 1 amide bonds. The fraction of sp³-hybridized carbons (Fsp3) is 0.364. The number of hydrogen-bond donors (Lipinski definition) is 0. The van der Waals surface area contributed by atoms with Gasteiger partial charge in [0.1, 0.15) is 5.75 Å². The number of halogens is 2. The summed E-state index contributed by atoms with van der Waals surface area (Å²) in [5.41, 5.74) is 2.71. The molecule has 2 aliphatic heterocycles. The Morgan fingerprint density at radius 3 is 2.63 bits per heavy atom. The topological polar surface area (TPSA) is 54.4 Å². The average molecular weight is 448 g/mol. The van der Waals surface area contributed by atoms with Crippen molar-refractivity contribution in [3.05, 3.63) is 63.6 Å². The van der Waals surface area contributed by atoms with E-state index in [1.807, 2.05) is 47.4 Å². The summed E-state index contributed by atoms with van der Waals surface area (Å²) in [6.07, 6.45) is -0.130. The standard InChI is InChI=1S/C22H23Cl2N3O3/c1-29-20-5-3-2-4-16(20)19-13-21(30-25-19)22(28)27-10-8-26(9-11-27)14-15-6-7-17(23)18(24)12-15/h2-7,12,21H,8-11,13-14H2,1H3. The lowest BCUT2D eigenvalue weighted by Crippen LogP contribution is -2.51. The highest BCUT2D eigenvalue weighted by Gasteiger charge is 2.34. The lowest BCUT2D eigenvalue weighted by molar-refractivity contribution is -0.143. The van der Waals surface area contributed by atoms with Crippen molar-refractivity contribution in [2.75, 3.05) is 33.3 Å². The largest absolute Gasteiger partial charge is 0.496 e. The quantitative estimate of drug-likeness (QED) is 0.698. The van der Waals surface area contributed by atoms with Crippen molar-refractivity contribution in [1.82, 2.24) is 9.80 Å². The number of oxime groups is 1. The third kappa shape index (κ3) is 4.56. The Balaban J connectivity index is 1.30. The Bertz CT molecular complexity index is 958. The molecule has 2 heterocycles. The van der Waals surface area contributed by atoms with Gasteiger partial charge in [-0.1, -0.05) is 46.6 Å². The van der Waals surface area contributed by atoms with Crippen molar-refractivity contribution in [3.63, 3.8) is 0 Å². The van der Waals surface area contributed by atoms with Crippen LogP contribution in [0.5, 0.6) is 5.75 Å². The Hall–Kier alpha value is -2.28. The van der Waals surface area contributed by atoms with Crippen LogP contribution in [0, 0.1) is 0 Å². The summed E-state index contributed by atoms with van der Waals surface area (Å²) in [4.78, 5) is 22.6.